The van der Waals surface area contributed by atoms with Gasteiger partial charge in [-0.15, -0.1) is 0 Å². The maximum atomic E-state index is 12.6. The average Bonchev–Trinajstić information content (AvgIpc) is 3.05. The lowest BCUT2D eigenvalue weighted by atomic mass is 10.1. The fraction of sp³-hybridized carbons (Fsp3) is 0.263. The second-order valence-corrected chi connectivity index (χ2v) is 6.10. The molecule has 1 aliphatic rings. The molecule has 8 nitrogen and oxygen atoms in total. The average molecular weight is 369 g/mol. The van der Waals surface area contributed by atoms with E-state index in [9.17, 15) is 19.7 Å². The quantitative estimate of drug-likeness (QED) is 0.623. The van der Waals surface area contributed by atoms with Gasteiger partial charge in [-0.2, -0.15) is 0 Å². The number of nitrogens with one attached hydrogen (secondary N) is 1. The van der Waals surface area contributed by atoms with E-state index in [-0.39, 0.29) is 30.5 Å². The van der Waals surface area contributed by atoms with Crippen LogP contribution in [0.2, 0.25) is 0 Å². The molecule has 140 valence electrons. The van der Waals surface area contributed by atoms with Crippen molar-refractivity contribution in [2.75, 3.05) is 23.4 Å². The van der Waals surface area contributed by atoms with Crippen molar-refractivity contribution in [1.82, 2.24) is 0 Å². The molecule has 0 bridgehead atoms. The van der Waals surface area contributed by atoms with Crippen molar-refractivity contribution in [2.45, 2.75) is 13.3 Å². The Morgan fingerprint density at radius 2 is 1.96 bits per heavy atom. The van der Waals surface area contributed by atoms with Crippen LogP contribution in [0.5, 0.6) is 5.75 Å². The van der Waals surface area contributed by atoms with E-state index in [0.717, 1.165) is 0 Å². The van der Waals surface area contributed by atoms with Crippen molar-refractivity contribution >= 4 is 28.9 Å². The highest BCUT2D eigenvalue weighted by Gasteiger charge is 2.35. The molecule has 2 aromatic rings. The third-order valence-electron chi connectivity index (χ3n) is 4.31. The van der Waals surface area contributed by atoms with Crippen LogP contribution in [0, 0.1) is 16.0 Å². The Kier molecular flexibility index (Phi) is 5.35. The molecule has 1 saturated heterocycles. The van der Waals surface area contributed by atoms with E-state index in [0.29, 0.717) is 23.7 Å². The van der Waals surface area contributed by atoms with Crippen LogP contribution in [0.4, 0.5) is 17.1 Å². The molecule has 1 fully saturated rings. The first kappa shape index (κ1) is 18.4. The Hall–Kier alpha value is -3.42. The fourth-order valence-corrected chi connectivity index (χ4v) is 2.97. The van der Waals surface area contributed by atoms with Gasteiger partial charge in [-0.1, -0.05) is 12.1 Å². The summed E-state index contributed by atoms with van der Waals surface area (Å²) in [7, 11) is 0. The van der Waals surface area contributed by atoms with Gasteiger partial charge >= 0.3 is 0 Å². The minimum absolute atomic E-state index is 0.0489. The van der Waals surface area contributed by atoms with Crippen LogP contribution >= 0.6 is 0 Å². The van der Waals surface area contributed by atoms with E-state index < -0.39 is 10.8 Å². The lowest BCUT2D eigenvalue weighted by molar-refractivity contribution is -0.384. The first-order valence-electron chi connectivity index (χ1n) is 8.57. The van der Waals surface area contributed by atoms with Gasteiger partial charge in [0.1, 0.15) is 5.75 Å². The van der Waals surface area contributed by atoms with Crippen molar-refractivity contribution in [2.24, 2.45) is 5.92 Å². The lowest BCUT2D eigenvalue weighted by Gasteiger charge is -2.17. The first-order chi connectivity index (χ1) is 13.0. The number of carbonyl (C=O) groups excluding carboxylic acids is 2. The Balaban J connectivity index is 1.70. The summed E-state index contributed by atoms with van der Waals surface area (Å²) in [5, 5.41) is 13.6. The number of hydrogen-bond donors (Lipinski definition) is 1. The van der Waals surface area contributed by atoms with Crippen molar-refractivity contribution in [3.8, 4) is 5.75 Å². The van der Waals surface area contributed by atoms with Crippen LogP contribution in [-0.2, 0) is 9.59 Å². The van der Waals surface area contributed by atoms with E-state index in [1.807, 2.05) is 13.0 Å². The van der Waals surface area contributed by atoms with Crippen LogP contribution in [-0.4, -0.2) is 29.9 Å². The second-order valence-electron chi connectivity index (χ2n) is 6.10. The summed E-state index contributed by atoms with van der Waals surface area (Å²) in [4.78, 5) is 36.6. The van der Waals surface area contributed by atoms with Gasteiger partial charge in [0.2, 0.25) is 11.8 Å². The lowest BCUT2D eigenvalue weighted by Crippen LogP contribution is -2.28. The molecule has 0 spiro atoms. The molecule has 0 aliphatic carbocycles. The number of nitro groups is 1. The van der Waals surface area contributed by atoms with E-state index >= 15 is 0 Å². The summed E-state index contributed by atoms with van der Waals surface area (Å²) in [5.74, 6) is -0.394. The normalized spacial score (nSPS) is 16.3. The largest absolute Gasteiger partial charge is 0.492 e. The number of anilines is 2. The second kappa shape index (κ2) is 7.86. The Morgan fingerprint density at radius 1 is 1.26 bits per heavy atom. The highest BCUT2D eigenvalue weighted by atomic mass is 16.6. The number of non-ortho nitro benzene ring substituents is 1. The molecule has 0 radical (unpaired) electrons. The van der Waals surface area contributed by atoms with Crippen LogP contribution in [0.3, 0.4) is 0 Å². The summed E-state index contributed by atoms with van der Waals surface area (Å²) < 4.78 is 5.50. The molecule has 3 rings (SSSR count). The molecule has 0 saturated carbocycles. The summed E-state index contributed by atoms with van der Waals surface area (Å²) in [6.45, 7) is 2.55. The molecule has 1 aliphatic heterocycles. The van der Waals surface area contributed by atoms with Crippen LogP contribution < -0.4 is 15.0 Å². The van der Waals surface area contributed by atoms with Crippen LogP contribution in [0.15, 0.2) is 48.5 Å². The van der Waals surface area contributed by atoms with Gasteiger partial charge in [0.25, 0.3) is 5.69 Å². The number of rotatable bonds is 6. The Labute approximate surface area is 155 Å². The zero-order valence-electron chi connectivity index (χ0n) is 14.8. The first-order valence-corrected chi connectivity index (χ1v) is 8.57. The molecule has 1 N–H and O–H groups in total. The Morgan fingerprint density at radius 3 is 2.63 bits per heavy atom. The maximum Gasteiger partial charge on any atom is 0.269 e. The number of carbonyl (C=O) groups is 2. The summed E-state index contributed by atoms with van der Waals surface area (Å²) >= 11 is 0. The number of nitro benzene ring substituents is 1. The highest BCUT2D eigenvalue weighted by molar-refractivity contribution is 6.03. The van der Waals surface area contributed by atoms with Crippen LogP contribution in [0.1, 0.15) is 13.3 Å². The van der Waals surface area contributed by atoms with Crippen molar-refractivity contribution < 1.29 is 19.2 Å². The topological polar surface area (TPSA) is 102 Å². The standard InChI is InChI=1S/C19H19N3O5/c1-2-27-17-6-4-3-5-16(17)20-19(24)13-11-18(23)21(12-13)14-7-9-15(10-8-14)22(25)26/h3-10,13H,2,11-12H2,1H3,(H,20,24)/t13-/m1/s1. The SMILES string of the molecule is CCOc1ccccc1NC(=O)[C@@H]1CC(=O)N(c2ccc([N+](=O)[O-])cc2)C1. The molecule has 27 heavy (non-hydrogen) atoms. The number of ether oxygens (including phenoxy) is 1. The van der Waals surface area contributed by atoms with Gasteiger partial charge < -0.3 is 15.0 Å². The highest BCUT2D eigenvalue weighted by Crippen LogP contribution is 2.29. The molecular weight excluding hydrogens is 350 g/mol. The van der Waals surface area contributed by atoms with E-state index in [1.54, 1.807) is 18.2 Å². The smallest absolute Gasteiger partial charge is 0.269 e. The van der Waals surface area contributed by atoms with Gasteiger partial charge in [0.15, 0.2) is 0 Å². The molecule has 2 amide bonds. The number of para-hydroxylation sites is 2. The van der Waals surface area contributed by atoms with Gasteiger partial charge in [-0.05, 0) is 31.2 Å². The number of benzene rings is 2. The summed E-state index contributed by atoms with van der Waals surface area (Å²) in [6, 6.07) is 12.8. The molecular formula is C19H19N3O5. The predicted molar refractivity (Wildman–Crippen MR) is 99.8 cm³/mol. The zero-order valence-corrected chi connectivity index (χ0v) is 14.8. The molecule has 0 unspecified atom stereocenters. The van der Waals surface area contributed by atoms with Crippen molar-refractivity contribution in [3.63, 3.8) is 0 Å². The van der Waals surface area contributed by atoms with Gasteiger partial charge in [-0.25, -0.2) is 0 Å². The third-order valence-corrected chi connectivity index (χ3v) is 4.31. The van der Waals surface area contributed by atoms with Crippen LogP contribution in [0.25, 0.3) is 0 Å². The molecule has 0 aromatic heterocycles. The predicted octanol–water partition coefficient (Wildman–Crippen LogP) is 2.99. The third kappa shape index (κ3) is 4.05. The molecule has 8 heteroatoms. The zero-order chi connectivity index (χ0) is 19.4. The minimum Gasteiger partial charge on any atom is -0.492 e. The summed E-state index contributed by atoms with van der Waals surface area (Å²) in [5.41, 5.74) is 1.05. The van der Waals surface area contributed by atoms with E-state index in [1.165, 1.54) is 29.2 Å². The molecule has 1 heterocycles. The summed E-state index contributed by atoms with van der Waals surface area (Å²) in [6.07, 6.45) is 0.0830. The monoisotopic (exact) mass is 369 g/mol. The van der Waals surface area contributed by atoms with E-state index in [4.69, 9.17) is 4.74 Å². The minimum atomic E-state index is -0.512. The fourth-order valence-electron chi connectivity index (χ4n) is 2.97. The van der Waals surface area contributed by atoms with Gasteiger partial charge in [0, 0.05) is 30.8 Å². The van der Waals surface area contributed by atoms with Gasteiger partial charge in [0.05, 0.1) is 23.1 Å². The van der Waals surface area contributed by atoms with Gasteiger partial charge in [-0.3, -0.25) is 19.7 Å². The number of nitrogens with zero attached hydrogens (tertiary/aromatic N) is 2. The van der Waals surface area contributed by atoms with Crippen molar-refractivity contribution in [1.29, 1.82) is 0 Å². The Bertz CT molecular complexity index is 866. The molecule has 1 atom stereocenters. The molecule has 2 aromatic carbocycles. The number of hydrogen-bond acceptors (Lipinski definition) is 5. The van der Waals surface area contributed by atoms with E-state index in [2.05, 4.69) is 5.32 Å². The maximum absolute atomic E-state index is 12.6. The number of amides is 2. The van der Waals surface area contributed by atoms with Crippen molar-refractivity contribution in [3.05, 3.63) is 58.6 Å².